The quantitative estimate of drug-likeness (QED) is 0.824. The summed E-state index contributed by atoms with van der Waals surface area (Å²) in [4.78, 5) is 0. The van der Waals surface area contributed by atoms with Crippen molar-refractivity contribution in [1.29, 1.82) is 0 Å². The number of benzene rings is 1. The third-order valence-corrected chi connectivity index (χ3v) is 4.18. The van der Waals surface area contributed by atoms with E-state index in [0.717, 1.165) is 24.0 Å². The summed E-state index contributed by atoms with van der Waals surface area (Å²) in [5, 5.41) is 3.67. The Hall–Kier alpha value is -1.18. The number of aryl methyl sites for hydroxylation is 1. The molecule has 0 aliphatic heterocycles. The lowest BCUT2D eigenvalue weighted by Crippen LogP contribution is -2.27. The Kier molecular flexibility index (Phi) is 5.12. The standard InChI is InChI=1S/C17H27NO/c1-4-19-17-12-13(2)10-11-16(17)18-14(3)15-8-6-5-7-9-15/h10-12,14-15,18H,4-9H2,1-3H3. The van der Waals surface area contributed by atoms with Gasteiger partial charge in [0.05, 0.1) is 12.3 Å². The van der Waals surface area contributed by atoms with Crippen LogP contribution in [0.15, 0.2) is 18.2 Å². The predicted octanol–water partition coefficient (Wildman–Crippen LogP) is 4.77. The molecule has 0 amide bonds. The van der Waals surface area contributed by atoms with Crippen molar-refractivity contribution in [2.75, 3.05) is 11.9 Å². The Morgan fingerprint density at radius 3 is 2.68 bits per heavy atom. The zero-order valence-corrected chi connectivity index (χ0v) is 12.5. The Bertz CT molecular complexity index is 396. The first-order chi connectivity index (χ1) is 9.20. The summed E-state index contributed by atoms with van der Waals surface area (Å²) in [6.07, 6.45) is 6.93. The molecule has 2 nitrogen and oxygen atoms in total. The minimum Gasteiger partial charge on any atom is -0.492 e. The van der Waals surface area contributed by atoms with Crippen molar-refractivity contribution in [3.63, 3.8) is 0 Å². The second-order valence-corrected chi connectivity index (χ2v) is 5.76. The molecule has 19 heavy (non-hydrogen) atoms. The number of rotatable bonds is 5. The van der Waals surface area contributed by atoms with E-state index in [0.29, 0.717) is 6.04 Å². The van der Waals surface area contributed by atoms with E-state index < -0.39 is 0 Å². The predicted molar refractivity (Wildman–Crippen MR) is 82.0 cm³/mol. The molecule has 0 heterocycles. The molecule has 1 N–H and O–H groups in total. The van der Waals surface area contributed by atoms with Gasteiger partial charge in [-0.2, -0.15) is 0 Å². The molecule has 0 spiro atoms. The second-order valence-electron chi connectivity index (χ2n) is 5.76. The van der Waals surface area contributed by atoms with Gasteiger partial charge in [0.1, 0.15) is 5.75 Å². The van der Waals surface area contributed by atoms with E-state index in [9.17, 15) is 0 Å². The SMILES string of the molecule is CCOc1cc(C)ccc1NC(C)C1CCCCC1. The van der Waals surface area contributed by atoms with Crippen LogP contribution in [0, 0.1) is 12.8 Å². The van der Waals surface area contributed by atoms with Crippen LogP contribution >= 0.6 is 0 Å². The van der Waals surface area contributed by atoms with Gasteiger partial charge in [0.25, 0.3) is 0 Å². The van der Waals surface area contributed by atoms with Crippen molar-refractivity contribution in [3.8, 4) is 5.75 Å². The molecule has 106 valence electrons. The number of hydrogen-bond donors (Lipinski definition) is 1. The first-order valence-corrected chi connectivity index (χ1v) is 7.70. The molecule has 1 aliphatic carbocycles. The molecule has 1 aliphatic rings. The summed E-state index contributed by atoms with van der Waals surface area (Å²) in [6.45, 7) is 7.18. The third-order valence-electron chi connectivity index (χ3n) is 4.18. The average Bonchev–Trinajstić information content (AvgIpc) is 2.43. The van der Waals surface area contributed by atoms with E-state index in [1.807, 2.05) is 6.92 Å². The van der Waals surface area contributed by atoms with Gasteiger partial charge in [-0.05, 0) is 57.2 Å². The Balaban J connectivity index is 2.04. The molecule has 0 saturated heterocycles. The van der Waals surface area contributed by atoms with Crippen LogP contribution in [-0.4, -0.2) is 12.6 Å². The molecule has 1 aromatic rings. The van der Waals surface area contributed by atoms with E-state index in [4.69, 9.17) is 4.74 Å². The van der Waals surface area contributed by atoms with Gasteiger partial charge in [-0.1, -0.05) is 25.3 Å². The number of ether oxygens (including phenoxy) is 1. The number of nitrogens with one attached hydrogen (secondary N) is 1. The van der Waals surface area contributed by atoms with Crippen molar-refractivity contribution < 1.29 is 4.74 Å². The smallest absolute Gasteiger partial charge is 0.142 e. The minimum absolute atomic E-state index is 0.530. The molecule has 1 unspecified atom stereocenters. The monoisotopic (exact) mass is 261 g/mol. The maximum absolute atomic E-state index is 5.74. The van der Waals surface area contributed by atoms with Gasteiger partial charge in [0, 0.05) is 6.04 Å². The van der Waals surface area contributed by atoms with E-state index in [2.05, 4.69) is 37.4 Å². The molecule has 0 aromatic heterocycles. The van der Waals surface area contributed by atoms with E-state index >= 15 is 0 Å². The summed E-state index contributed by atoms with van der Waals surface area (Å²) in [5.74, 6) is 1.80. The summed E-state index contributed by atoms with van der Waals surface area (Å²) < 4.78 is 5.74. The lowest BCUT2D eigenvalue weighted by molar-refractivity contribution is 0.324. The highest BCUT2D eigenvalue weighted by molar-refractivity contribution is 5.58. The zero-order valence-electron chi connectivity index (χ0n) is 12.5. The van der Waals surface area contributed by atoms with E-state index in [1.165, 1.54) is 37.7 Å². The summed E-state index contributed by atoms with van der Waals surface area (Å²) in [7, 11) is 0. The lowest BCUT2D eigenvalue weighted by atomic mass is 9.84. The highest BCUT2D eigenvalue weighted by atomic mass is 16.5. The van der Waals surface area contributed by atoms with E-state index in [-0.39, 0.29) is 0 Å². The maximum atomic E-state index is 5.74. The van der Waals surface area contributed by atoms with Gasteiger partial charge in [-0.3, -0.25) is 0 Å². The Morgan fingerprint density at radius 2 is 2.00 bits per heavy atom. The van der Waals surface area contributed by atoms with Crippen LogP contribution in [-0.2, 0) is 0 Å². The second kappa shape index (κ2) is 6.83. The summed E-state index contributed by atoms with van der Waals surface area (Å²) >= 11 is 0. The van der Waals surface area contributed by atoms with Crippen LogP contribution < -0.4 is 10.1 Å². The normalized spacial score (nSPS) is 18.1. The van der Waals surface area contributed by atoms with Crippen LogP contribution in [0.3, 0.4) is 0 Å². The van der Waals surface area contributed by atoms with Crippen LogP contribution in [0.5, 0.6) is 5.75 Å². The number of anilines is 1. The molecule has 1 saturated carbocycles. The first kappa shape index (κ1) is 14.2. The molecule has 2 rings (SSSR count). The van der Waals surface area contributed by atoms with Crippen LogP contribution in [0.4, 0.5) is 5.69 Å². The molecular weight excluding hydrogens is 234 g/mol. The molecule has 2 heteroatoms. The maximum Gasteiger partial charge on any atom is 0.142 e. The number of hydrogen-bond acceptors (Lipinski definition) is 2. The summed E-state index contributed by atoms with van der Waals surface area (Å²) in [6, 6.07) is 6.96. The fourth-order valence-electron chi connectivity index (χ4n) is 3.02. The fourth-order valence-corrected chi connectivity index (χ4v) is 3.02. The van der Waals surface area contributed by atoms with Gasteiger partial charge < -0.3 is 10.1 Å². The third kappa shape index (κ3) is 3.89. The van der Waals surface area contributed by atoms with Crippen molar-refractivity contribution in [2.45, 2.75) is 58.9 Å². The van der Waals surface area contributed by atoms with Gasteiger partial charge in [0.15, 0.2) is 0 Å². The zero-order chi connectivity index (χ0) is 13.7. The topological polar surface area (TPSA) is 21.3 Å². The molecule has 0 radical (unpaired) electrons. The van der Waals surface area contributed by atoms with Crippen molar-refractivity contribution >= 4 is 5.69 Å². The van der Waals surface area contributed by atoms with Gasteiger partial charge in [-0.25, -0.2) is 0 Å². The molecule has 1 atom stereocenters. The minimum atomic E-state index is 0.530. The van der Waals surface area contributed by atoms with Crippen LogP contribution in [0.1, 0.15) is 51.5 Å². The first-order valence-electron chi connectivity index (χ1n) is 7.70. The molecule has 0 bridgehead atoms. The van der Waals surface area contributed by atoms with Gasteiger partial charge in [-0.15, -0.1) is 0 Å². The Labute approximate surface area is 117 Å². The molecule has 1 aromatic carbocycles. The van der Waals surface area contributed by atoms with E-state index in [1.54, 1.807) is 0 Å². The highest BCUT2D eigenvalue weighted by Gasteiger charge is 2.20. The van der Waals surface area contributed by atoms with Crippen molar-refractivity contribution in [1.82, 2.24) is 0 Å². The van der Waals surface area contributed by atoms with Crippen LogP contribution in [0.2, 0.25) is 0 Å². The summed E-state index contributed by atoms with van der Waals surface area (Å²) in [5.41, 5.74) is 2.39. The average molecular weight is 261 g/mol. The van der Waals surface area contributed by atoms with Crippen LogP contribution in [0.25, 0.3) is 0 Å². The Morgan fingerprint density at radius 1 is 1.26 bits per heavy atom. The van der Waals surface area contributed by atoms with Crippen molar-refractivity contribution in [2.24, 2.45) is 5.92 Å². The van der Waals surface area contributed by atoms with Gasteiger partial charge in [0.2, 0.25) is 0 Å². The van der Waals surface area contributed by atoms with Gasteiger partial charge >= 0.3 is 0 Å². The lowest BCUT2D eigenvalue weighted by Gasteiger charge is -2.29. The van der Waals surface area contributed by atoms with Crippen molar-refractivity contribution in [3.05, 3.63) is 23.8 Å². The molecule has 1 fully saturated rings. The molecular formula is C17H27NO. The largest absolute Gasteiger partial charge is 0.492 e. The highest BCUT2D eigenvalue weighted by Crippen LogP contribution is 2.31. The fraction of sp³-hybridized carbons (Fsp3) is 0.647.